The number of aryl methyl sites for hydroxylation is 1. The van der Waals surface area contributed by atoms with E-state index in [1.165, 1.54) is 11.4 Å². The number of halogens is 1. The van der Waals surface area contributed by atoms with E-state index in [9.17, 15) is 13.2 Å². The molecule has 0 aliphatic heterocycles. The molecule has 0 aliphatic rings. The number of carbonyl (C=O) groups excluding carboxylic acids is 1. The van der Waals surface area contributed by atoms with Crippen molar-refractivity contribution in [2.45, 2.75) is 18.4 Å². The Morgan fingerprint density at radius 2 is 1.60 bits per heavy atom. The van der Waals surface area contributed by atoms with Crippen LogP contribution in [0.15, 0.2) is 77.7 Å². The highest BCUT2D eigenvalue weighted by Crippen LogP contribution is 2.24. The highest BCUT2D eigenvalue weighted by molar-refractivity contribution is 7.92. The molecule has 0 spiro atoms. The summed E-state index contributed by atoms with van der Waals surface area (Å²) in [7, 11) is -0.553. The Balaban J connectivity index is 1.82. The molecular formula is C23H23ClN2O3S. The first-order chi connectivity index (χ1) is 14.2. The topological polar surface area (TPSA) is 57.7 Å². The first kappa shape index (κ1) is 21.9. The fourth-order valence-corrected chi connectivity index (χ4v) is 4.44. The fraction of sp³-hybridized carbons (Fsp3) is 0.174. The monoisotopic (exact) mass is 442 g/mol. The van der Waals surface area contributed by atoms with Gasteiger partial charge in [-0.15, -0.1) is 0 Å². The molecule has 3 rings (SSSR count). The van der Waals surface area contributed by atoms with E-state index in [1.54, 1.807) is 66.5 Å². The molecule has 0 radical (unpaired) electrons. The van der Waals surface area contributed by atoms with Crippen LogP contribution in [0.3, 0.4) is 0 Å². The lowest BCUT2D eigenvalue weighted by molar-refractivity contribution is 0.0785. The summed E-state index contributed by atoms with van der Waals surface area (Å²) in [6.45, 7) is 2.29. The summed E-state index contributed by atoms with van der Waals surface area (Å²) in [6.07, 6.45) is 0. The molecule has 0 aliphatic carbocycles. The molecule has 0 saturated carbocycles. The molecule has 0 saturated heterocycles. The minimum atomic E-state index is -3.73. The summed E-state index contributed by atoms with van der Waals surface area (Å²) >= 11 is 6.02. The molecule has 0 bridgehead atoms. The van der Waals surface area contributed by atoms with Crippen LogP contribution in [0, 0.1) is 6.92 Å². The molecule has 3 aromatic carbocycles. The normalized spacial score (nSPS) is 11.2. The summed E-state index contributed by atoms with van der Waals surface area (Å²) in [5, 5.41) is 0.610. The van der Waals surface area contributed by atoms with Gasteiger partial charge < -0.3 is 4.90 Å². The third kappa shape index (κ3) is 4.83. The highest BCUT2D eigenvalue weighted by atomic mass is 35.5. The van der Waals surface area contributed by atoms with E-state index in [-0.39, 0.29) is 10.8 Å². The number of sulfonamides is 1. The zero-order chi connectivity index (χ0) is 21.9. The Bertz CT molecular complexity index is 1160. The van der Waals surface area contributed by atoms with Crippen molar-refractivity contribution in [3.63, 3.8) is 0 Å². The lowest BCUT2D eigenvalue weighted by Crippen LogP contribution is -2.28. The molecule has 1 amide bonds. The Morgan fingerprint density at radius 1 is 0.933 bits per heavy atom. The van der Waals surface area contributed by atoms with Crippen molar-refractivity contribution in [3.05, 3.63) is 94.5 Å². The molecule has 5 nitrogen and oxygen atoms in total. The van der Waals surface area contributed by atoms with Gasteiger partial charge in [-0.05, 0) is 55.0 Å². The second-order valence-corrected chi connectivity index (χ2v) is 9.53. The van der Waals surface area contributed by atoms with Crippen molar-refractivity contribution in [1.82, 2.24) is 4.90 Å². The van der Waals surface area contributed by atoms with Gasteiger partial charge >= 0.3 is 0 Å². The van der Waals surface area contributed by atoms with Crippen LogP contribution in [0.1, 0.15) is 21.5 Å². The maximum absolute atomic E-state index is 13.0. The quantitative estimate of drug-likeness (QED) is 0.553. The van der Waals surface area contributed by atoms with Crippen molar-refractivity contribution in [2.75, 3.05) is 18.4 Å². The molecule has 0 heterocycles. The standard InChI is InChI=1S/C23H23ClN2O3S/c1-17-10-12-22(13-11-17)30(28,29)26(3)21-9-5-7-19(15-21)23(27)25(2)16-18-6-4-8-20(24)14-18/h4-15H,16H2,1-3H3. The summed E-state index contributed by atoms with van der Waals surface area (Å²) in [5.41, 5.74) is 2.71. The van der Waals surface area contributed by atoms with Gasteiger partial charge in [0.25, 0.3) is 15.9 Å². The number of rotatable bonds is 6. The largest absolute Gasteiger partial charge is 0.337 e. The Kier molecular flexibility index (Phi) is 6.48. The molecule has 0 aromatic heterocycles. The number of amides is 1. The van der Waals surface area contributed by atoms with Crippen LogP contribution in [0.2, 0.25) is 5.02 Å². The van der Waals surface area contributed by atoms with Gasteiger partial charge in [0.05, 0.1) is 10.6 Å². The maximum atomic E-state index is 13.0. The van der Waals surface area contributed by atoms with Crippen LogP contribution in [0.4, 0.5) is 5.69 Å². The van der Waals surface area contributed by atoms with E-state index < -0.39 is 10.0 Å². The highest BCUT2D eigenvalue weighted by Gasteiger charge is 2.22. The van der Waals surface area contributed by atoms with Crippen LogP contribution in [-0.2, 0) is 16.6 Å². The zero-order valence-electron chi connectivity index (χ0n) is 17.0. The minimum absolute atomic E-state index is 0.199. The molecule has 0 unspecified atom stereocenters. The molecule has 0 N–H and O–H groups in total. The van der Waals surface area contributed by atoms with Gasteiger partial charge in [-0.1, -0.05) is 47.5 Å². The molecule has 0 atom stereocenters. The van der Waals surface area contributed by atoms with Crippen LogP contribution in [0.5, 0.6) is 0 Å². The van der Waals surface area contributed by atoms with Gasteiger partial charge in [-0.25, -0.2) is 8.42 Å². The molecule has 30 heavy (non-hydrogen) atoms. The van der Waals surface area contributed by atoms with E-state index in [1.807, 2.05) is 25.1 Å². The molecular weight excluding hydrogens is 420 g/mol. The number of benzene rings is 3. The second kappa shape index (κ2) is 8.90. The lowest BCUT2D eigenvalue weighted by Gasteiger charge is -2.22. The Morgan fingerprint density at radius 3 is 2.27 bits per heavy atom. The van der Waals surface area contributed by atoms with Crippen LogP contribution in [-0.4, -0.2) is 33.3 Å². The zero-order valence-corrected chi connectivity index (χ0v) is 18.6. The third-order valence-corrected chi connectivity index (χ3v) is 6.83. The summed E-state index contributed by atoms with van der Waals surface area (Å²) in [4.78, 5) is 14.7. The number of carbonyl (C=O) groups is 1. The van der Waals surface area contributed by atoms with E-state index in [2.05, 4.69) is 0 Å². The molecule has 0 fully saturated rings. The third-order valence-electron chi connectivity index (χ3n) is 4.79. The SMILES string of the molecule is Cc1ccc(S(=O)(=O)N(C)c2cccc(C(=O)N(C)Cc3cccc(Cl)c3)c2)cc1. The number of anilines is 1. The van der Waals surface area contributed by atoms with Crippen molar-refractivity contribution in [1.29, 1.82) is 0 Å². The smallest absolute Gasteiger partial charge is 0.264 e. The number of nitrogens with zero attached hydrogens (tertiary/aromatic N) is 2. The number of hydrogen-bond acceptors (Lipinski definition) is 3. The average Bonchev–Trinajstić information content (AvgIpc) is 2.73. The Labute approximate surface area is 182 Å². The van der Waals surface area contributed by atoms with Gasteiger partial charge in [0.2, 0.25) is 0 Å². The summed E-state index contributed by atoms with van der Waals surface area (Å²) < 4.78 is 27.1. The van der Waals surface area contributed by atoms with Gasteiger partial charge in [0.15, 0.2) is 0 Å². The minimum Gasteiger partial charge on any atom is -0.337 e. The predicted octanol–water partition coefficient (Wildman–Crippen LogP) is 4.75. The van der Waals surface area contributed by atoms with Gasteiger partial charge in [0, 0.05) is 31.2 Å². The van der Waals surface area contributed by atoms with Crippen molar-refractivity contribution in [2.24, 2.45) is 0 Å². The number of hydrogen-bond donors (Lipinski definition) is 0. The van der Waals surface area contributed by atoms with E-state index in [4.69, 9.17) is 11.6 Å². The van der Waals surface area contributed by atoms with Crippen LogP contribution in [0.25, 0.3) is 0 Å². The van der Waals surface area contributed by atoms with Crippen LogP contribution >= 0.6 is 11.6 Å². The first-order valence-electron chi connectivity index (χ1n) is 9.34. The molecule has 7 heteroatoms. The first-order valence-corrected chi connectivity index (χ1v) is 11.2. The second-order valence-electron chi connectivity index (χ2n) is 7.13. The van der Waals surface area contributed by atoms with E-state index in [0.717, 1.165) is 11.1 Å². The maximum Gasteiger partial charge on any atom is 0.264 e. The molecule has 3 aromatic rings. The Hall–Kier alpha value is -2.83. The summed E-state index contributed by atoms with van der Waals surface area (Å²) in [6, 6.07) is 20.6. The van der Waals surface area contributed by atoms with Crippen molar-refractivity contribution in [3.8, 4) is 0 Å². The molecule has 156 valence electrons. The average molecular weight is 443 g/mol. The van der Waals surface area contributed by atoms with Crippen molar-refractivity contribution < 1.29 is 13.2 Å². The van der Waals surface area contributed by atoms with Gasteiger partial charge in [-0.3, -0.25) is 9.10 Å². The van der Waals surface area contributed by atoms with Crippen LogP contribution < -0.4 is 4.31 Å². The fourth-order valence-electron chi connectivity index (χ4n) is 3.04. The van der Waals surface area contributed by atoms with Gasteiger partial charge in [0.1, 0.15) is 0 Å². The van der Waals surface area contributed by atoms with Crippen molar-refractivity contribution >= 4 is 33.2 Å². The van der Waals surface area contributed by atoms with Gasteiger partial charge in [-0.2, -0.15) is 0 Å². The van der Waals surface area contributed by atoms with E-state index >= 15 is 0 Å². The summed E-state index contributed by atoms with van der Waals surface area (Å²) in [5.74, 6) is -0.210. The van der Waals surface area contributed by atoms with E-state index in [0.29, 0.717) is 22.8 Å². The lowest BCUT2D eigenvalue weighted by atomic mass is 10.1. The predicted molar refractivity (Wildman–Crippen MR) is 120 cm³/mol.